The normalized spacial score (nSPS) is 17.7. The van der Waals surface area contributed by atoms with Crippen molar-refractivity contribution in [2.45, 2.75) is 23.8 Å². The maximum Gasteiger partial charge on any atom is 0.244 e. The molecule has 0 saturated carbocycles. The number of nitrogens with zero attached hydrogens (tertiary/aromatic N) is 2. The first-order valence-electron chi connectivity index (χ1n) is 8.26. The van der Waals surface area contributed by atoms with Crippen LogP contribution in [0.3, 0.4) is 0 Å². The summed E-state index contributed by atoms with van der Waals surface area (Å²) >= 11 is 0. The molecule has 1 fully saturated rings. The zero-order chi connectivity index (χ0) is 18.7. The SMILES string of the molecule is COc1ccc(OC)c([C@H]2CCCN2S(=O)(=O)c2ccccc2C#N)c1. The lowest BCUT2D eigenvalue weighted by atomic mass is 10.0. The fourth-order valence-electron chi connectivity index (χ4n) is 3.35. The van der Waals surface area contributed by atoms with Gasteiger partial charge in [0.2, 0.25) is 10.0 Å². The lowest BCUT2D eigenvalue weighted by Crippen LogP contribution is -2.31. The number of ether oxygens (including phenoxy) is 2. The summed E-state index contributed by atoms with van der Waals surface area (Å²) < 4.78 is 38.7. The summed E-state index contributed by atoms with van der Waals surface area (Å²) in [4.78, 5) is 0.0382. The topological polar surface area (TPSA) is 79.6 Å². The second-order valence-corrected chi connectivity index (χ2v) is 7.85. The van der Waals surface area contributed by atoms with Gasteiger partial charge in [-0.1, -0.05) is 12.1 Å². The minimum absolute atomic E-state index is 0.0382. The van der Waals surface area contributed by atoms with E-state index in [1.807, 2.05) is 12.1 Å². The van der Waals surface area contributed by atoms with Gasteiger partial charge in [-0.05, 0) is 43.2 Å². The Hall–Kier alpha value is -2.56. The summed E-state index contributed by atoms with van der Waals surface area (Å²) in [7, 11) is -0.682. The molecule has 0 unspecified atom stereocenters. The van der Waals surface area contributed by atoms with Gasteiger partial charge in [0.05, 0.1) is 30.7 Å². The van der Waals surface area contributed by atoms with E-state index in [1.165, 1.54) is 16.4 Å². The lowest BCUT2D eigenvalue weighted by molar-refractivity contribution is 0.361. The Bertz CT molecular complexity index is 950. The van der Waals surface area contributed by atoms with E-state index < -0.39 is 10.0 Å². The second kappa shape index (κ2) is 7.36. The minimum atomic E-state index is -3.81. The average Bonchev–Trinajstić information content (AvgIpc) is 3.18. The Morgan fingerprint density at radius 2 is 1.92 bits per heavy atom. The molecule has 2 aromatic carbocycles. The Labute approximate surface area is 153 Å². The van der Waals surface area contributed by atoms with Crippen LogP contribution in [-0.2, 0) is 10.0 Å². The van der Waals surface area contributed by atoms with Gasteiger partial charge in [0.15, 0.2) is 0 Å². The molecule has 1 atom stereocenters. The quantitative estimate of drug-likeness (QED) is 0.806. The van der Waals surface area contributed by atoms with Crippen LogP contribution in [-0.4, -0.2) is 33.5 Å². The van der Waals surface area contributed by atoms with Gasteiger partial charge < -0.3 is 9.47 Å². The van der Waals surface area contributed by atoms with Crippen molar-refractivity contribution in [1.29, 1.82) is 5.26 Å². The highest BCUT2D eigenvalue weighted by atomic mass is 32.2. The molecule has 0 aliphatic carbocycles. The van der Waals surface area contributed by atoms with Gasteiger partial charge in [0, 0.05) is 12.1 Å². The molecule has 26 heavy (non-hydrogen) atoms. The van der Waals surface area contributed by atoms with Crippen LogP contribution >= 0.6 is 0 Å². The zero-order valence-corrected chi connectivity index (χ0v) is 15.5. The Kier molecular flexibility index (Phi) is 5.16. The summed E-state index contributed by atoms with van der Waals surface area (Å²) in [5, 5.41) is 9.29. The van der Waals surface area contributed by atoms with Crippen LogP contribution in [0.25, 0.3) is 0 Å². The van der Waals surface area contributed by atoms with Crippen LogP contribution in [0.5, 0.6) is 11.5 Å². The first-order valence-corrected chi connectivity index (χ1v) is 9.70. The lowest BCUT2D eigenvalue weighted by Gasteiger charge is -2.26. The molecule has 3 rings (SSSR count). The molecule has 1 saturated heterocycles. The van der Waals surface area contributed by atoms with E-state index in [2.05, 4.69) is 0 Å². The number of benzene rings is 2. The highest BCUT2D eigenvalue weighted by Gasteiger charge is 2.38. The fraction of sp³-hybridized carbons (Fsp3) is 0.316. The van der Waals surface area contributed by atoms with Gasteiger partial charge in [-0.3, -0.25) is 0 Å². The molecule has 0 spiro atoms. The van der Waals surface area contributed by atoms with E-state index in [4.69, 9.17) is 9.47 Å². The van der Waals surface area contributed by atoms with Crippen LogP contribution in [0.1, 0.15) is 30.0 Å². The molecular formula is C19H20N2O4S. The third-order valence-corrected chi connectivity index (χ3v) is 6.56. The summed E-state index contributed by atoms with van der Waals surface area (Å²) in [5.41, 5.74) is 0.915. The van der Waals surface area contributed by atoms with Crippen LogP contribution in [0, 0.1) is 11.3 Å². The third kappa shape index (κ3) is 3.14. The first-order chi connectivity index (χ1) is 12.5. The van der Waals surface area contributed by atoms with Crippen LogP contribution in [0.15, 0.2) is 47.4 Å². The standard InChI is InChI=1S/C19H20N2O4S/c1-24-15-9-10-18(25-2)16(12-15)17-7-5-11-21(17)26(22,23)19-8-4-3-6-14(19)13-20/h3-4,6,8-10,12,17H,5,7,11H2,1-2H3/t17-/m1/s1. The van der Waals surface area contributed by atoms with Gasteiger partial charge in [-0.15, -0.1) is 0 Å². The van der Waals surface area contributed by atoms with Crippen molar-refractivity contribution in [3.63, 3.8) is 0 Å². The molecule has 7 heteroatoms. The van der Waals surface area contributed by atoms with E-state index in [1.54, 1.807) is 38.5 Å². The predicted molar refractivity (Wildman–Crippen MR) is 96.6 cm³/mol. The number of sulfonamides is 1. The van der Waals surface area contributed by atoms with Crippen LogP contribution in [0.4, 0.5) is 0 Å². The third-order valence-electron chi connectivity index (χ3n) is 4.59. The van der Waals surface area contributed by atoms with Crippen molar-refractivity contribution in [3.8, 4) is 17.6 Å². The first kappa shape index (κ1) is 18.2. The number of rotatable bonds is 5. The molecule has 0 aromatic heterocycles. The summed E-state index contributed by atoms with van der Waals surface area (Å²) in [6.07, 6.45) is 1.41. The fourth-order valence-corrected chi connectivity index (χ4v) is 5.17. The van der Waals surface area contributed by atoms with Gasteiger partial charge >= 0.3 is 0 Å². The summed E-state index contributed by atoms with van der Waals surface area (Å²) in [6.45, 7) is 0.396. The zero-order valence-electron chi connectivity index (χ0n) is 14.7. The average molecular weight is 372 g/mol. The molecule has 1 heterocycles. The Morgan fingerprint density at radius 1 is 1.15 bits per heavy atom. The number of hydrogen-bond donors (Lipinski definition) is 0. The number of nitriles is 1. The molecule has 1 aliphatic heterocycles. The van der Waals surface area contributed by atoms with E-state index in [0.717, 1.165) is 12.0 Å². The van der Waals surface area contributed by atoms with Gasteiger partial charge in [0.1, 0.15) is 17.6 Å². The van der Waals surface area contributed by atoms with E-state index in [9.17, 15) is 13.7 Å². The molecule has 2 aromatic rings. The molecule has 136 valence electrons. The Morgan fingerprint density at radius 3 is 2.62 bits per heavy atom. The van der Waals surface area contributed by atoms with E-state index in [-0.39, 0.29) is 16.5 Å². The minimum Gasteiger partial charge on any atom is -0.497 e. The van der Waals surface area contributed by atoms with Crippen molar-refractivity contribution in [2.24, 2.45) is 0 Å². The summed E-state index contributed by atoms with van der Waals surface area (Å²) in [6, 6.07) is 13.3. The molecule has 0 amide bonds. The van der Waals surface area contributed by atoms with Crippen molar-refractivity contribution in [1.82, 2.24) is 4.31 Å². The number of methoxy groups -OCH3 is 2. The molecule has 0 bridgehead atoms. The van der Waals surface area contributed by atoms with Crippen molar-refractivity contribution in [2.75, 3.05) is 20.8 Å². The van der Waals surface area contributed by atoms with Gasteiger partial charge in [-0.2, -0.15) is 9.57 Å². The molecular weight excluding hydrogens is 352 g/mol. The van der Waals surface area contributed by atoms with E-state index in [0.29, 0.717) is 24.5 Å². The van der Waals surface area contributed by atoms with Gasteiger partial charge in [0.25, 0.3) is 0 Å². The monoisotopic (exact) mass is 372 g/mol. The number of hydrogen-bond acceptors (Lipinski definition) is 5. The van der Waals surface area contributed by atoms with Crippen molar-refractivity contribution >= 4 is 10.0 Å². The molecule has 6 nitrogen and oxygen atoms in total. The van der Waals surface area contributed by atoms with E-state index >= 15 is 0 Å². The highest BCUT2D eigenvalue weighted by molar-refractivity contribution is 7.89. The summed E-state index contributed by atoms with van der Waals surface area (Å²) in [5.74, 6) is 1.26. The maximum atomic E-state index is 13.3. The second-order valence-electron chi connectivity index (χ2n) is 5.99. The molecule has 0 radical (unpaired) electrons. The van der Waals surface area contributed by atoms with Crippen molar-refractivity contribution in [3.05, 3.63) is 53.6 Å². The van der Waals surface area contributed by atoms with Gasteiger partial charge in [-0.25, -0.2) is 8.42 Å². The van der Waals surface area contributed by atoms with Crippen molar-refractivity contribution < 1.29 is 17.9 Å². The highest BCUT2D eigenvalue weighted by Crippen LogP contribution is 2.41. The predicted octanol–water partition coefficient (Wildman–Crippen LogP) is 3.10. The molecule has 0 N–H and O–H groups in total. The van der Waals surface area contributed by atoms with Crippen LogP contribution < -0.4 is 9.47 Å². The van der Waals surface area contributed by atoms with Crippen LogP contribution in [0.2, 0.25) is 0 Å². The molecule has 1 aliphatic rings. The smallest absolute Gasteiger partial charge is 0.244 e. The Balaban J connectivity index is 2.08. The largest absolute Gasteiger partial charge is 0.497 e. The maximum absolute atomic E-state index is 13.3.